The standard InChI is InChI=1S/C19H16F2N2O3S/c20-16-9-8-14(12-17(16)21)27(25,26)22-11-10-19(24)23-18-7-3-5-13-4-1-2-6-15(13)18/h1-9,12,22H,10-11H2,(H,23,24). The Labute approximate surface area is 155 Å². The number of carbonyl (C=O) groups excluding carboxylic acids is 1. The molecule has 3 aromatic carbocycles. The molecule has 0 aliphatic heterocycles. The lowest BCUT2D eigenvalue weighted by Gasteiger charge is -2.10. The van der Waals surface area contributed by atoms with Gasteiger partial charge in [0.25, 0.3) is 0 Å². The monoisotopic (exact) mass is 390 g/mol. The van der Waals surface area contributed by atoms with Gasteiger partial charge in [-0.3, -0.25) is 4.79 Å². The average molecular weight is 390 g/mol. The first kappa shape index (κ1) is 18.9. The molecule has 3 aromatic rings. The highest BCUT2D eigenvalue weighted by molar-refractivity contribution is 7.89. The van der Waals surface area contributed by atoms with Gasteiger partial charge in [-0.15, -0.1) is 0 Å². The molecule has 0 saturated carbocycles. The van der Waals surface area contributed by atoms with Crippen LogP contribution in [0.15, 0.2) is 65.6 Å². The summed E-state index contributed by atoms with van der Waals surface area (Å²) in [6, 6.07) is 15.3. The first-order valence-corrected chi connectivity index (χ1v) is 9.57. The van der Waals surface area contributed by atoms with Crippen LogP contribution in [0.1, 0.15) is 6.42 Å². The van der Waals surface area contributed by atoms with Crippen LogP contribution in [0.4, 0.5) is 14.5 Å². The quantitative estimate of drug-likeness (QED) is 0.677. The predicted octanol–water partition coefficient (Wildman–Crippen LogP) is 3.43. The summed E-state index contributed by atoms with van der Waals surface area (Å²) in [7, 11) is -4.04. The maximum Gasteiger partial charge on any atom is 0.240 e. The molecule has 0 heterocycles. The highest BCUT2D eigenvalue weighted by Gasteiger charge is 2.16. The van der Waals surface area contributed by atoms with Crippen LogP contribution in [0.5, 0.6) is 0 Å². The number of carbonyl (C=O) groups is 1. The molecule has 0 bridgehead atoms. The Hall–Kier alpha value is -2.84. The molecule has 0 radical (unpaired) electrons. The van der Waals surface area contributed by atoms with Crippen molar-refractivity contribution in [3.8, 4) is 0 Å². The summed E-state index contributed by atoms with van der Waals surface area (Å²) >= 11 is 0. The second-order valence-electron chi connectivity index (χ2n) is 5.80. The molecule has 0 aliphatic rings. The molecule has 2 N–H and O–H groups in total. The van der Waals surface area contributed by atoms with Crippen LogP contribution in [0.2, 0.25) is 0 Å². The number of rotatable bonds is 6. The number of hydrogen-bond acceptors (Lipinski definition) is 3. The fourth-order valence-electron chi connectivity index (χ4n) is 2.57. The topological polar surface area (TPSA) is 75.3 Å². The maximum absolute atomic E-state index is 13.2. The Balaban J connectivity index is 1.61. The molecule has 0 spiro atoms. The SMILES string of the molecule is O=C(CCNS(=O)(=O)c1ccc(F)c(F)c1)Nc1cccc2ccccc12. The smallest absolute Gasteiger partial charge is 0.240 e. The van der Waals surface area contributed by atoms with Gasteiger partial charge in [0.1, 0.15) is 0 Å². The first-order valence-electron chi connectivity index (χ1n) is 8.09. The van der Waals surface area contributed by atoms with Crippen molar-refractivity contribution in [1.29, 1.82) is 0 Å². The van der Waals surface area contributed by atoms with Crippen molar-refractivity contribution >= 4 is 32.4 Å². The molecule has 27 heavy (non-hydrogen) atoms. The number of benzene rings is 3. The lowest BCUT2D eigenvalue weighted by atomic mass is 10.1. The van der Waals surface area contributed by atoms with Crippen molar-refractivity contribution in [2.45, 2.75) is 11.3 Å². The fourth-order valence-corrected chi connectivity index (χ4v) is 3.62. The Bertz CT molecular complexity index is 1100. The summed E-state index contributed by atoms with van der Waals surface area (Å²) in [5, 5.41) is 4.58. The number of sulfonamides is 1. The molecule has 0 saturated heterocycles. The van der Waals surface area contributed by atoms with Crippen LogP contribution in [-0.2, 0) is 14.8 Å². The Morgan fingerprint density at radius 3 is 2.44 bits per heavy atom. The maximum atomic E-state index is 13.2. The normalized spacial score (nSPS) is 11.5. The fraction of sp³-hybridized carbons (Fsp3) is 0.105. The number of halogens is 2. The zero-order valence-corrected chi connectivity index (χ0v) is 14.9. The molecular formula is C19H16F2N2O3S. The second kappa shape index (κ2) is 7.81. The molecule has 3 rings (SSSR count). The van der Waals surface area contributed by atoms with Crippen LogP contribution < -0.4 is 10.0 Å². The summed E-state index contributed by atoms with van der Waals surface area (Å²) in [5.74, 6) is -2.77. The van der Waals surface area contributed by atoms with Crippen LogP contribution in [0, 0.1) is 11.6 Å². The largest absolute Gasteiger partial charge is 0.325 e. The summed E-state index contributed by atoms with van der Waals surface area (Å²) in [5.41, 5.74) is 0.626. The highest BCUT2D eigenvalue weighted by Crippen LogP contribution is 2.23. The molecule has 0 aromatic heterocycles. The third-order valence-electron chi connectivity index (χ3n) is 3.91. The Morgan fingerprint density at radius 1 is 0.926 bits per heavy atom. The highest BCUT2D eigenvalue weighted by atomic mass is 32.2. The lowest BCUT2D eigenvalue weighted by Crippen LogP contribution is -2.28. The van der Waals surface area contributed by atoms with Gasteiger partial charge >= 0.3 is 0 Å². The molecular weight excluding hydrogens is 374 g/mol. The molecule has 0 unspecified atom stereocenters. The number of anilines is 1. The number of hydrogen-bond donors (Lipinski definition) is 2. The zero-order valence-electron chi connectivity index (χ0n) is 14.1. The van der Waals surface area contributed by atoms with Gasteiger partial charge in [0.05, 0.1) is 4.90 Å². The van der Waals surface area contributed by atoms with Gasteiger partial charge in [0.2, 0.25) is 15.9 Å². The first-order chi connectivity index (χ1) is 12.9. The van der Waals surface area contributed by atoms with Crippen LogP contribution in [0.25, 0.3) is 10.8 Å². The van der Waals surface area contributed by atoms with E-state index in [0.29, 0.717) is 11.8 Å². The van der Waals surface area contributed by atoms with Crippen LogP contribution >= 0.6 is 0 Å². The molecule has 0 atom stereocenters. The molecule has 0 fully saturated rings. The van der Waals surface area contributed by atoms with E-state index < -0.39 is 26.6 Å². The van der Waals surface area contributed by atoms with Gasteiger partial charge in [-0.1, -0.05) is 36.4 Å². The van der Waals surface area contributed by atoms with E-state index in [1.807, 2.05) is 36.4 Å². The second-order valence-corrected chi connectivity index (χ2v) is 7.57. The number of nitrogens with one attached hydrogen (secondary N) is 2. The van der Waals surface area contributed by atoms with E-state index in [4.69, 9.17) is 0 Å². The van der Waals surface area contributed by atoms with Gasteiger partial charge in [-0.25, -0.2) is 21.9 Å². The third kappa shape index (κ3) is 4.47. The lowest BCUT2D eigenvalue weighted by molar-refractivity contribution is -0.116. The molecule has 0 aliphatic carbocycles. The van der Waals surface area contributed by atoms with Gasteiger partial charge in [-0.05, 0) is 29.7 Å². The minimum Gasteiger partial charge on any atom is -0.325 e. The molecule has 5 nitrogen and oxygen atoms in total. The summed E-state index contributed by atoms with van der Waals surface area (Å²) in [6.07, 6.45) is -0.119. The van der Waals surface area contributed by atoms with Gasteiger partial charge in [-0.2, -0.15) is 0 Å². The zero-order chi connectivity index (χ0) is 19.4. The van der Waals surface area contributed by atoms with E-state index in [9.17, 15) is 22.0 Å². The van der Waals surface area contributed by atoms with Gasteiger partial charge in [0.15, 0.2) is 11.6 Å². The van der Waals surface area contributed by atoms with E-state index in [-0.39, 0.29) is 18.9 Å². The van der Waals surface area contributed by atoms with Crippen molar-refractivity contribution < 1.29 is 22.0 Å². The van der Waals surface area contributed by atoms with Crippen molar-refractivity contribution in [3.05, 3.63) is 72.3 Å². The Morgan fingerprint density at radius 2 is 1.67 bits per heavy atom. The summed E-state index contributed by atoms with van der Waals surface area (Å²) in [6.45, 7) is -0.183. The van der Waals surface area contributed by atoms with E-state index in [0.717, 1.165) is 22.9 Å². The van der Waals surface area contributed by atoms with E-state index >= 15 is 0 Å². The van der Waals surface area contributed by atoms with Gasteiger partial charge in [0, 0.05) is 24.0 Å². The number of fused-ring (bicyclic) bond motifs is 1. The van der Waals surface area contributed by atoms with Crippen molar-refractivity contribution in [3.63, 3.8) is 0 Å². The van der Waals surface area contributed by atoms with Crippen molar-refractivity contribution in [2.24, 2.45) is 0 Å². The van der Waals surface area contributed by atoms with E-state index in [2.05, 4.69) is 10.0 Å². The number of amides is 1. The third-order valence-corrected chi connectivity index (χ3v) is 5.37. The average Bonchev–Trinajstić information content (AvgIpc) is 2.64. The summed E-state index contributed by atoms with van der Waals surface area (Å²) < 4.78 is 52.5. The van der Waals surface area contributed by atoms with E-state index in [1.165, 1.54) is 0 Å². The minimum absolute atomic E-state index is 0.119. The molecule has 8 heteroatoms. The van der Waals surface area contributed by atoms with Crippen molar-refractivity contribution in [1.82, 2.24) is 4.72 Å². The Kier molecular flexibility index (Phi) is 5.48. The summed E-state index contributed by atoms with van der Waals surface area (Å²) in [4.78, 5) is 11.7. The minimum atomic E-state index is -4.04. The van der Waals surface area contributed by atoms with E-state index in [1.54, 1.807) is 6.07 Å². The van der Waals surface area contributed by atoms with Crippen LogP contribution in [-0.4, -0.2) is 20.9 Å². The predicted molar refractivity (Wildman–Crippen MR) is 98.7 cm³/mol. The molecule has 140 valence electrons. The molecule has 1 amide bonds. The van der Waals surface area contributed by atoms with Crippen LogP contribution in [0.3, 0.4) is 0 Å². The van der Waals surface area contributed by atoms with Crippen molar-refractivity contribution in [2.75, 3.05) is 11.9 Å². The van der Waals surface area contributed by atoms with Gasteiger partial charge < -0.3 is 5.32 Å².